The van der Waals surface area contributed by atoms with Crippen LogP contribution in [0.2, 0.25) is 0 Å². The fraction of sp³-hybridized carbons (Fsp3) is 0.636. The highest BCUT2D eigenvalue weighted by atomic mass is 16.3. The number of nitrogens with zero attached hydrogens (tertiary/aromatic N) is 1. The molecule has 0 spiro atoms. The van der Waals surface area contributed by atoms with Crippen LogP contribution in [0.3, 0.4) is 0 Å². The molecule has 0 saturated heterocycles. The van der Waals surface area contributed by atoms with Gasteiger partial charge in [-0.3, -0.25) is 4.79 Å². The number of aromatic nitrogens is 1. The van der Waals surface area contributed by atoms with E-state index < -0.39 is 0 Å². The van der Waals surface area contributed by atoms with Crippen LogP contribution in [0.25, 0.3) is 0 Å². The summed E-state index contributed by atoms with van der Waals surface area (Å²) in [5, 5.41) is 2.87. The summed E-state index contributed by atoms with van der Waals surface area (Å²) in [5.74, 6) is 1.14. The maximum atomic E-state index is 11.6. The van der Waals surface area contributed by atoms with E-state index in [0.717, 1.165) is 24.5 Å². The van der Waals surface area contributed by atoms with Gasteiger partial charge in [-0.25, -0.2) is 4.98 Å². The van der Waals surface area contributed by atoms with Gasteiger partial charge in [-0.1, -0.05) is 13.3 Å². The van der Waals surface area contributed by atoms with E-state index in [2.05, 4.69) is 17.2 Å². The molecule has 15 heavy (non-hydrogen) atoms. The number of hydrogen-bond acceptors (Lipinski definition) is 3. The number of carbonyl (C=O) groups excluding carboxylic acids is 1. The lowest BCUT2D eigenvalue weighted by Gasteiger charge is -2.33. The predicted octanol–water partition coefficient (Wildman–Crippen LogP) is 1.73. The predicted molar refractivity (Wildman–Crippen MR) is 54.9 cm³/mol. The summed E-state index contributed by atoms with van der Waals surface area (Å²) in [4.78, 5) is 15.6. The van der Waals surface area contributed by atoms with Crippen LogP contribution in [-0.4, -0.2) is 10.9 Å². The van der Waals surface area contributed by atoms with E-state index in [1.165, 1.54) is 12.8 Å². The topological polar surface area (TPSA) is 55.1 Å². The van der Waals surface area contributed by atoms with Gasteiger partial charge in [-0.2, -0.15) is 0 Å². The van der Waals surface area contributed by atoms with Crippen LogP contribution in [0.1, 0.15) is 31.9 Å². The van der Waals surface area contributed by atoms with Crippen LogP contribution in [0.15, 0.2) is 17.1 Å². The van der Waals surface area contributed by atoms with E-state index in [0.29, 0.717) is 6.54 Å². The van der Waals surface area contributed by atoms with Gasteiger partial charge in [-0.05, 0) is 18.8 Å². The zero-order valence-corrected chi connectivity index (χ0v) is 8.90. The van der Waals surface area contributed by atoms with Crippen LogP contribution in [0, 0.1) is 11.8 Å². The molecule has 0 atom stereocenters. The zero-order chi connectivity index (χ0) is 10.7. The van der Waals surface area contributed by atoms with E-state index in [4.69, 9.17) is 4.42 Å². The molecule has 4 heteroatoms. The molecule has 2 rings (SSSR count). The van der Waals surface area contributed by atoms with E-state index in [-0.39, 0.29) is 11.8 Å². The minimum atomic E-state index is 0.155. The zero-order valence-electron chi connectivity index (χ0n) is 8.90. The standard InChI is InChI=1S/C11H16N2O2/c1-2-8-3-9(4-8)11(14)12-5-10-6-15-7-13-10/h6-9H,2-5H2,1H3,(H,12,14). The lowest BCUT2D eigenvalue weighted by atomic mass is 9.73. The molecule has 4 nitrogen and oxygen atoms in total. The van der Waals surface area contributed by atoms with Crippen molar-refractivity contribution in [2.75, 3.05) is 0 Å². The van der Waals surface area contributed by atoms with Gasteiger partial charge in [-0.15, -0.1) is 0 Å². The van der Waals surface area contributed by atoms with Crippen LogP contribution in [0.4, 0.5) is 0 Å². The maximum Gasteiger partial charge on any atom is 0.223 e. The third-order valence-corrected chi connectivity index (χ3v) is 3.11. The lowest BCUT2D eigenvalue weighted by molar-refractivity contribution is -0.129. The highest BCUT2D eigenvalue weighted by molar-refractivity contribution is 5.79. The summed E-state index contributed by atoms with van der Waals surface area (Å²) in [6.45, 7) is 2.65. The van der Waals surface area contributed by atoms with Crippen molar-refractivity contribution in [1.29, 1.82) is 0 Å². The average molecular weight is 208 g/mol. The molecule has 1 amide bonds. The highest BCUT2D eigenvalue weighted by Gasteiger charge is 2.32. The molecule has 1 N–H and O–H groups in total. The Labute approximate surface area is 89.1 Å². The minimum Gasteiger partial charge on any atom is -0.451 e. The smallest absolute Gasteiger partial charge is 0.223 e. The van der Waals surface area contributed by atoms with E-state index in [1.54, 1.807) is 6.26 Å². The second-order valence-electron chi connectivity index (χ2n) is 4.14. The fourth-order valence-electron chi connectivity index (χ4n) is 1.93. The fourth-order valence-corrected chi connectivity index (χ4v) is 1.93. The van der Waals surface area contributed by atoms with Crippen molar-refractivity contribution >= 4 is 5.91 Å². The number of hydrogen-bond donors (Lipinski definition) is 1. The Morgan fingerprint density at radius 1 is 1.67 bits per heavy atom. The second-order valence-corrected chi connectivity index (χ2v) is 4.14. The number of oxazole rings is 1. The molecule has 1 aliphatic carbocycles. The Bertz CT molecular complexity index is 315. The molecule has 1 aromatic rings. The summed E-state index contributed by atoms with van der Waals surface area (Å²) in [6.07, 6.45) is 6.20. The Balaban J connectivity index is 1.70. The van der Waals surface area contributed by atoms with Crippen molar-refractivity contribution in [3.8, 4) is 0 Å². The van der Waals surface area contributed by atoms with Gasteiger partial charge in [0.05, 0.1) is 12.2 Å². The SMILES string of the molecule is CCC1CC(C(=O)NCc2cocn2)C1. The molecule has 1 aliphatic rings. The Hall–Kier alpha value is -1.32. The van der Waals surface area contributed by atoms with Gasteiger partial charge < -0.3 is 9.73 Å². The normalized spacial score (nSPS) is 24.6. The van der Waals surface area contributed by atoms with Gasteiger partial charge in [0.2, 0.25) is 5.91 Å². The first-order valence-corrected chi connectivity index (χ1v) is 5.44. The van der Waals surface area contributed by atoms with E-state index >= 15 is 0 Å². The Kier molecular flexibility index (Phi) is 3.04. The molecule has 0 aromatic carbocycles. The van der Waals surface area contributed by atoms with Gasteiger partial charge in [0.15, 0.2) is 6.39 Å². The maximum absolute atomic E-state index is 11.6. The minimum absolute atomic E-state index is 0.155. The molecule has 0 bridgehead atoms. The van der Waals surface area contributed by atoms with Crippen molar-refractivity contribution in [2.24, 2.45) is 11.8 Å². The summed E-state index contributed by atoms with van der Waals surface area (Å²) in [5.41, 5.74) is 0.773. The summed E-state index contributed by atoms with van der Waals surface area (Å²) in [7, 11) is 0. The van der Waals surface area contributed by atoms with Crippen molar-refractivity contribution < 1.29 is 9.21 Å². The van der Waals surface area contributed by atoms with Crippen molar-refractivity contribution in [2.45, 2.75) is 32.7 Å². The summed E-state index contributed by atoms with van der Waals surface area (Å²) >= 11 is 0. The first-order chi connectivity index (χ1) is 7.29. The molecule has 1 heterocycles. The van der Waals surface area contributed by atoms with Crippen LogP contribution in [0.5, 0.6) is 0 Å². The third kappa shape index (κ3) is 2.37. The van der Waals surface area contributed by atoms with Crippen LogP contribution < -0.4 is 5.32 Å². The third-order valence-electron chi connectivity index (χ3n) is 3.11. The quantitative estimate of drug-likeness (QED) is 0.819. The first-order valence-electron chi connectivity index (χ1n) is 5.44. The van der Waals surface area contributed by atoms with Gasteiger partial charge in [0, 0.05) is 5.92 Å². The van der Waals surface area contributed by atoms with Crippen molar-refractivity contribution in [3.63, 3.8) is 0 Å². The molecule has 1 fully saturated rings. The Morgan fingerprint density at radius 3 is 3.07 bits per heavy atom. The highest BCUT2D eigenvalue weighted by Crippen LogP contribution is 2.35. The molecular formula is C11H16N2O2. The monoisotopic (exact) mass is 208 g/mol. The van der Waals surface area contributed by atoms with Gasteiger partial charge >= 0.3 is 0 Å². The average Bonchev–Trinajstić information content (AvgIpc) is 2.65. The molecule has 1 aromatic heterocycles. The molecule has 0 unspecified atom stereocenters. The molecule has 0 aliphatic heterocycles. The van der Waals surface area contributed by atoms with Crippen LogP contribution >= 0.6 is 0 Å². The molecular weight excluding hydrogens is 192 g/mol. The van der Waals surface area contributed by atoms with E-state index in [1.807, 2.05) is 0 Å². The number of carbonyl (C=O) groups is 1. The van der Waals surface area contributed by atoms with Gasteiger partial charge in [0.1, 0.15) is 6.26 Å². The van der Waals surface area contributed by atoms with E-state index in [9.17, 15) is 4.79 Å². The first kappa shape index (κ1) is 10.2. The lowest BCUT2D eigenvalue weighted by Crippen LogP contribution is -2.38. The van der Waals surface area contributed by atoms with Gasteiger partial charge in [0.25, 0.3) is 0 Å². The van der Waals surface area contributed by atoms with Crippen LogP contribution in [-0.2, 0) is 11.3 Å². The number of nitrogens with one attached hydrogen (secondary N) is 1. The Morgan fingerprint density at radius 2 is 2.47 bits per heavy atom. The summed E-state index contributed by atoms with van der Waals surface area (Å²) in [6, 6.07) is 0. The molecule has 1 saturated carbocycles. The molecule has 82 valence electrons. The van der Waals surface area contributed by atoms with Crippen molar-refractivity contribution in [3.05, 3.63) is 18.4 Å². The summed E-state index contributed by atoms with van der Waals surface area (Å²) < 4.78 is 4.82. The second kappa shape index (κ2) is 4.47. The molecule has 0 radical (unpaired) electrons. The number of amides is 1. The largest absolute Gasteiger partial charge is 0.451 e. The number of rotatable bonds is 4. The van der Waals surface area contributed by atoms with Crippen molar-refractivity contribution in [1.82, 2.24) is 10.3 Å².